The highest BCUT2D eigenvalue weighted by molar-refractivity contribution is 7.90. The van der Waals surface area contributed by atoms with Gasteiger partial charge in [0.25, 0.3) is 10.0 Å². The van der Waals surface area contributed by atoms with Gasteiger partial charge >= 0.3 is 0 Å². The molecule has 1 aliphatic carbocycles. The number of sulfonamides is 1. The maximum absolute atomic E-state index is 13.4. The van der Waals surface area contributed by atoms with Gasteiger partial charge < -0.3 is 4.74 Å². The number of hydrogen-bond acceptors (Lipinski definition) is 8. The first kappa shape index (κ1) is 26.4. The predicted octanol–water partition coefficient (Wildman–Crippen LogP) is 3.00. The Morgan fingerprint density at radius 1 is 1.03 bits per heavy atom. The first-order valence-corrected chi connectivity index (χ1v) is 16.3. The lowest BCUT2D eigenvalue weighted by molar-refractivity contribution is 0.0980. The van der Waals surface area contributed by atoms with Crippen molar-refractivity contribution >= 4 is 36.9 Å². The quantitative estimate of drug-likeness (QED) is 0.357. The molecular formula is C26H32N6O5S2. The van der Waals surface area contributed by atoms with E-state index in [4.69, 9.17) is 4.74 Å². The second kappa shape index (κ2) is 9.95. The normalized spacial score (nSPS) is 23.2. The third-order valence-corrected chi connectivity index (χ3v) is 11.8. The van der Waals surface area contributed by atoms with Crippen LogP contribution in [0.25, 0.3) is 16.8 Å². The molecule has 2 aliphatic rings. The molecule has 1 aliphatic heterocycles. The maximum Gasteiger partial charge on any atom is 0.269 e. The average Bonchev–Trinajstić information content (AvgIpc) is 3.65. The van der Waals surface area contributed by atoms with E-state index in [9.17, 15) is 16.8 Å². The van der Waals surface area contributed by atoms with E-state index in [0.29, 0.717) is 55.9 Å². The Kier molecular flexibility index (Phi) is 6.72. The fourth-order valence-electron chi connectivity index (χ4n) is 6.01. The van der Waals surface area contributed by atoms with Gasteiger partial charge in [0.2, 0.25) is 10.0 Å². The first-order valence-electron chi connectivity index (χ1n) is 13.3. The molecule has 1 N–H and O–H groups in total. The van der Waals surface area contributed by atoms with Crippen LogP contribution in [0.15, 0.2) is 47.6 Å². The van der Waals surface area contributed by atoms with E-state index in [1.807, 2.05) is 11.3 Å². The summed E-state index contributed by atoms with van der Waals surface area (Å²) in [6.07, 6.45) is 6.19. The van der Waals surface area contributed by atoms with Gasteiger partial charge in [-0.05, 0) is 56.7 Å². The van der Waals surface area contributed by atoms with Gasteiger partial charge in [-0.25, -0.2) is 30.5 Å². The fourth-order valence-corrected chi connectivity index (χ4v) is 8.97. The van der Waals surface area contributed by atoms with E-state index in [0.717, 1.165) is 12.0 Å². The van der Waals surface area contributed by atoms with Crippen LogP contribution < -0.4 is 4.72 Å². The van der Waals surface area contributed by atoms with Crippen molar-refractivity contribution in [3.05, 3.63) is 54.1 Å². The molecule has 6 rings (SSSR count). The van der Waals surface area contributed by atoms with Gasteiger partial charge in [-0.2, -0.15) is 0 Å². The van der Waals surface area contributed by atoms with Gasteiger partial charge in [0.1, 0.15) is 5.82 Å². The molecule has 0 spiro atoms. The molecule has 4 aromatic rings. The van der Waals surface area contributed by atoms with Gasteiger partial charge in [0.15, 0.2) is 11.3 Å². The summed E-state index contributed by atoms with van der Waals surface area (Å²) in [6.45, 7) is 4.93. The first-order chi connectivity index (χ1) is 18.7. The van der Waals surface area contributed by atoms with Crippen molar-refractivity contribution < 1.29 is 21.6 Å². The van der Waals surface area contributed by atoms with Gasteiger partial charge in [0, 0.05) is 31.4 Å². The lowest BCUT2D eigenvalue weighted by Gasteiger charge is -2.24. The van der Waals surface area contributed by atoms with Crippen LogP contribution in [0.5, 0.6) is 0 Å². The molecule has 4 heterocycles. The smallest absolute Gasteiger partial charge is 0.269 e. The monoisotopic (exact) mass is 572 g/mol. The maximum atomic E-state index is 13.4. The summed E-state index contributed by atoms with van der Waals surface area (Å²) in [5.74, 6) is 0.846. The summed E-state index contributed by atoms with van der Waals surface area (Å²) >= 11 is 0. The standard InChI is InChI=1S/C26H32N6O5S2/c1-3-18-14-19(30-38(33,34)20-9-12-37-13-10-20)15-22(18)25-29-28-24-16-27-26-23(32(24)25)8-11-31(26)39(35,36)21-6-4-17(2)5-7-21/h4-8,11,16,18-20,22,30H,3,9-10,12-15H2,1-2H3/t18-,19+,22+/m1/s1. The lowest BCUT2D eigenvalue weighted by Crippen LogP contribution is -2.42. The van der Waals surface area contributed by atoms with E-state index in [1.54, 1.807) is 30.3 Å². The highest BCUT2D eigenvalue weighted by Crippen LogP contribution is 2.42. The van der Waals surface area contributed by atoms with Crippen molar-refractivity contribution in [1.29, 1.82) is 0 Å². The molecule has 1 saturated carbocycles. The predicted molar refractivity (Wildman–Crippen MR) is 145 cm³/mol. The molecule has 0 amide bonds. The van der Waals surface area contributed by atoms with Crippen LogP contribution in [0.2, 0.25) is 0 Å². The minimum absolute atomic E-state index is 0.0463. The minimum atomic E-state index is -3.86. The van der Waals surface area contributed by atoms with Crippen molar-refractivity contribution in [2.75, 3.05) is 13.2 Å². The summed E-state index contributed by atoms with van der Waals surface area (Å²) in [5, 5.41) is 8.41. The number of ether oxygens (including phenoxy) is 1. The summed E-state index contributed by atoms with van der Waals surface area (Å²) in [4.78, 5) is 4.61. The van der Waals surface area contributed by atoms with Gasteiger partial charge in [-0.3, -0.25) is 4.40 Å². The molecule has 1 saturated heterocycles. The third-order valence-electron chi connectivity index (χ3n) is 8.13. The van der Waals surface area contributed by atoms with Crippen molar-refractivity contribution in [3.63, 3.8) is 0 Å². The van der Waals surface area contributed by atoms with E-state index in [1.165, 1.54) is 16.4 Å². The van der Waals surface area contributed by atoms with E-state index < -0.39 is 25.3 Å². The summed E-state index contributed by atoms with van der Waals surface area (Å²) in [7, 11) is -7.33. The fraction of sp³-hybridized carbons (Fsp3) is 0.500. The summed E-state index contributed by atoms with van der Waals surface area (Å²) < 4.78 is 64.4. The molecular weight excluding hydrogens is 540 g/mol. The third kappa shape index (κ3) is 4.64. The van der Waals surface area contributed by atoms with Crippen LogP contribution >= 0.6 is 0 Å². The highest BCUT2D eigenvalue weighted by Gasteiger charge is 2.40. The number of fused-ring (bicyclic) bond motifs is 3. The zero-order valence-corrected chi connectivity index (χ0v) is 23.5. The number of nitrogens with zero attached hydrogens (tertiary/aromatic N) is 5. The lowest BCUT2D eigenvalue weighted by atomic mass is 9.93. The molecule has 3 aromatic heterocycles. The number of aromatic nitrogens is 5. The van der Waals surface area contributed by atoms with E-state index in [-0.39, 0.29) is 28.4 Å². The Hall–Kier alpha value is -2.87. The Morgan fingerprint density at radius 3 is 2.49 bits per heavy atom. The van der Waals surface area contributed by atoms with Crippen molar-refractivity contribution in [2.24, 2.45) is 5.92 Å². The second-order valence-electron chi connectivity index (χ2n) is 10.6. The minimum Gasteiger partial charge on any atom is -0.381 e. The molecule has 1 aromatic carbocycles. The zero-order valence-electron chi connectivity index (χ0n) is 21.9. The summed E-state index contributed by atoms with van der Waals surface area (Å²) in [6, 6.07) is 8.22. The molecule has 39 heavy (non-hydrogen) atoms. The zero-order chi connectivity index (χ0) is 27.4. The largest absolute Gasteiger partial charge is 0.381 e. The number of rotatable bonds is 7. The van der Waals surface area contributed by atoms with Gasteiger partial charge in [-0.1, -0.05) is 31.0 Å². The molecule has 2 fully saturated rings. The van der Waals surface area contributed by atoms with Crippen LogP contribution in [0.4, 0.5) is 0 Å². The molecule has 0 radical (unpaired) electrons. The Balaban J connectivity index is 1.35. The number of hydrogen-bond donors (Lipinski definition) is 1. The van der Waals surface area contributed by atoms with Crippen LogP contribution in [-0.2, 0) is 24.8 Å². The Bertz CT molecular complexity index is 1720. The molecule has 13 heteroatoms. The molecule has 208 valence electrons. The van der Waals surface area contributed by atoms with Gasteiger partial charge in [-0.15, -0.1) is 10.2 Å². The topological polar surface area (TPSA) is 138 Å². The van der Waals surface area contributed by atoms with Gasteiger partial charge in [0.05, 0.1) is 21.9 Å². The SMILES string of the molecule is CC[C@@H]1C[C@H](NS(=O)(=O)C2CCOCC2)C[C@@H]1c1nnc2cnc3c(ccn3S(=O)(=O)c3ccc(C)cc3)n12. The van der Waals surface area contributed by atoms with Crippen molar-refractivity contribution in [3.8, 4) is 0 Å². The van der Waals surface area contributed by atoms with Crippen molar-refractivity contribution in [2.45, 2.75) is 68.1 Å². The Morgan fingerprint density at radius 2 is 1.77 bits per heavy atom. The average molecular weight is 573 g/mol. The second-order valence-corrected chi connectivity index (χ2v) is 14.4. The van der Waals surface area contributed by atoms with Crippen LogP contribution in [0, 0.1) is 12.8 Å². The molecule has 3 atom stereocenters. The number of aryl methyl sites for hydroxylation is 1. The number of nitrogens with one attached hydrogen (secondary N) is 1. The van der Waals surface area contributed by atoms with Crippen molar-refractivity contribution in [1.82, 2.24) is 28.3 Å². The van der Waals surface area contributed by atoms with Crippen LogP contribution in [-0.4, -0.2) is 64.9 Å². The van der Waals surface area contributed by atoms with Crippen LogP contribution in [0.1, 0.15) is 56.3 Å². The number of benzene rings is 1. The Labute approximate surface area is 227 Å². The molecule has 0 unspecified atom stereocenters. The van der Waals surface area contributed by atoms with E-state index in [2.05, 4.69) is 26.8 Å². The molecule has 11 nitrogen and oxygen atoms in total. The van der Waals surface area contributed by atoms with Crippen LogP contribution in [0.3, 0.4) is 0 Å². The van der Waals surface area contributed by atoms with E-state index >= 15 is 0 Å². The highest BCUT2D eigenvalue weighted by atomic mass is 32.2. The molecule has 0 bridgehead atoms. The summed E-state index contributed by atoms with van der Waals surface area (Å²) in [5.41, 5.74) is 2.36.